The van der Waals surface area contributed by atoms with Gasteiger partial charge < -0.3 is 50.0 Å². The summed E-state index contributed by atoms with van der Waals surface area (Å²) in [6.07, 6.45) is 0.807. The number of carbonyl (C=O) groups excluding carboxylic acids is 3. The number of likely N-dealkylation sites (tertiary alicyclic amines) is 2. The van der Waals surface area contributed by atoms with Crippen molar-refractivity contribution in [2.75, 3.05) is 53.0 Å². The Hall–Kier alpha value is -7.04. The summed E-state index contributed by atoms with van der Waals surface area (Å²) in [4.78, 5) is 58.8. The van der Waals surface area contributed by atoms with Crippen molar-refractivity contribution in [1.82, 2.24) is 25.4 Å². The molecule has 0 bridgehead atoms. The number of phenolic OH excluding ortho intramolecular Hbond substituents is 1. The van der Waals surface area contributed by atoms with Crippen molar-refractivity contribution in [1.29, 1.82) is 0 Å². The summed E-state index contributed by atoms with van der Waals surface area (Å²) in [7, 11) is 1.48. The molecule has 3 heterocycles. The van der Waals surface area contributed by atoms with E-state index in [-0.39, 0.29) is 78.9 Å². The van der Waals surface area contributed by atoms with E-state index in [9.17, 15) is 34.5 Å². The number of phenols is 1. The van der Waals surface area contributed by atoms with E-state index >= 15 is 0 Å². The number of pyridine rings is 1. The Morgan fingerprint density at radius 3 is 2.33 bits per heavy atom. The number of nitrogens with one attached hydrogen (secondary N) is 3. The van der Waals surface area contributed by atoms with Crippen LogP contribution >= 0.6 is 0 Å². The van der Waals surface area contributed by atoms with E-state index in [4.69, 9.17) is 14.2 Å². The van der Waals surface area contributed by atoms with Gasteiger partial charge in [-0.15, -0.1) is 0 Å². The fourth-order valence-corrected chi connectivity index (χ4v) is 8.70. The minimum atomic E-state index is -2.13. The molecule has 1 aromatic heterocycles. The molecule has 2 saturated heterocycles. The minimum Gasteiger partial charge on any atom is -0.506 e. The molecule has 2 atom stereocenters. The summed E-state index contributed by atoms with van der Waals surface area (Å²) in [5.41, 5.74) is 1.34. The van der Waals surface area contributed by atoms with Crippen LogP contribution in [0.4, 0.5) is 0 Å². The fourth-order valence-electron chi connectivity index (χ4n) is 8.70. The van der Waals surface area contributed by atoms with E-state index in [1.54, 1.807) is 83.8 Å². The fraction of sp³-hybridized carbons (Fsp3) is 0.308. The number of aromatic nitrogens is 1. The lowest BCUT2D eigenvalue weighted by Crippen LogP contribution is -2.61. The van der Waals surface area contributed by atoms with Crippen molar-refractivity contribution in [2.45, 2.75) is 43.7 Å². The average Bonchev–Trinajstić information content (AvgIpc) is 3.34. The molecule has 15 nitrogen and oxygen atoms in total. The maximum absolute atomic E-state index is 13.9. The lowest BCUT2D eigenvalue weighted by atomic mass is 9.86. The molecule has 67 heavy (non-hydrogen) atoms. The second-order valence-electron chi connectivity index (χ2n) is 17.1. The van der Waals surface area contributed by atoms with E-state index in [2.05, 4.69) is 32.7 Å². The third kappa shape index (κ3) is 11.0. The van der Waals surface area contributed by atoms with Gasteiger partial charge in [0.15, 0.2) is 6.61 Å². The largest absolute Gasteiger partial charge is 0.506 e. The van der Waals surface area contributed by atoms with Gasteiger partial charge in [-0.25, -0.2) is 4.79 Å². The quantitative estimate of drug-likeness (QED) is 0.0646. The molecule has 0 saturated carbocycles. The Balaban J connectivity index is 0.801. The molecule has 15 heteroatoms. The van der Waals surface area contributed by atoms with Gasteiger partial charge in [0.05, 0.1) is 36.9 Å². The second-order valence-corrected chi connectivity index (χ2v) is 17.1. The summed E-state index contributed by atoms with van der Waals surface area (Å²) in [6, 6.07) is 36.3. The van der Waals surface area contributed by atoms with Gasteiger partial charge in [-0.3, -0.25) is 19.3 Å². The molecule has 2 aliphatic rings. The number of ether oxygens (including phenoxy) is 3. The highest BCUT2D eigenvalue weighted by Crippen LogP contribution is 2.34. The molecule has 1 unspecified atom stereocenters. The number of aromatic hydroxyl groups is 1. The molecule has 2 aliphatic heterocycles. The Morgan fingerprint density at radius 1 is 0.851 bits per heavy atom. The van der Waals surface area contributed by atoms with Crippen LogP contribution in [0.2, 0.25) is 0 Å². The highest BCUT2D eigenvalue weighted by atomic mass is 16.6. The van der Waals surface area contributed by atoms with Crippen LogP contribution in [-0.2, 0) is 33.0 Å². The number of esters is 1. The summed E-state index contributed by atoms with van der Waals surface area (Å²) in [5, 5.41) is 39.9. The smallest absolute Gasteiger partial charge is 0.347 e. The summed E-state index contributed by atoms with van der Waals surface area (Å²) in [6.45, 7) is 3.60. The Morgan fingerprint density at radius 2 is 1.58 bits per heavy atom. The number of carbonyl (C=O) groups is 3. The van der Waals surface area contributed by atoms with Crippen LogP contribution in [0.5, 0.6) is 17.2 Å². The molecule has 0 spiro atoms. The van der Waals surface area contributed by atoms with Crippen LogP contribution in [0.25, 0.3) is 10.9 Å². The monoisotopic (exact) mass is 909 g/mol. The van der Waals surface area contributed by atoms with E-state index in [1.165, 1.54) is 30.9 Å². The first-order valence-electron chi connectivity index (χ1n) is 22.4. The molecule has 5 aromatic carbocycles. The van der Waals surface area contributed by atoms with Crippen LogP contribution in [0.15, 0.2) is 132 Å². The molecule has 2 amide bonds. The number of hydrogen-bond acceptors (Lipinski definition) is 12. The molecule has 0 aliphatic carbocycles. The normalized spacial score (nSPS) is 15.8. The van der Waals surface area contributed by atoms with Crippen molar-refractivity contribution in [3.8, 4) is 17.2 Å². The van der Waals surface area contributed by atoms with Gasteiger partial charge in [0.2, 0.25) is 11.2 Å². The number of rotatable bonds is 18. The number of nitrogens with zero attached hydrogens (tertiary/aromatic N) is 2. The lowest BCUT2D eigenvalue weighted by molar-refractivity contribution is -0.164. The molecular weight excluding hydrogens is 855 g/mol. The average molecular weight is 910 g/mol. The first-order chi connectivity index (χ1) is 32.5. The van der Waals surface area contributed by atoms with Crippen molar-refractivity contribution >= 4 is 28.7 Å². The number of fused-ring (bicyclic) bond motifs is 1. The molecule has 6 N–H and O–H groups in total. The highest BCUT2D eigenvalue weighted by molar-refractivity contribution is 5.97. The molecular formula is C52H55N5O10. The van der Waals surface area contributed by atoms with E-state index < -0.39 is 23.6 Å². The zero-order valence-corrected chi connectivity index (χ0v) is 37.2. The number of amides is 2. The molecule has 2 fully saturated rings. The van der Waals surface area contributed by atoms with Crippen molar-refractivity contribution in [3.63, 3.8) is 0 Å². The number of benzene rings is 5. The zero-order chi connectivity index (χ0) is 46.9. The second kappa shape index (κ2) is 21.1. The maximum atomic E-state index is 13.9. The van der Waals surface area contributed by atoms with Crippen molar-refractivity contribution in [2.24, 2.45) is 5.92 Å². The summed E-state index contributed by atoms with van der Waals surface area (Å²) in [5.74, 6) is -0.708. The Kier molecular flexibility index (Phi) is 14.6. The predicted octanol–water partition coefficient (Wildman–Crippen LogP) is 4.78. The van der Waals surface area contributed by atoms with Crippen LogP contribution in [-0.4, -0.2) is 107 Å². The standard InChI is InChI=1S/C52H55N5O10/c1-65-46-25-36(27-53-28-45(59)41-17-19-44(58)49-42(41)18-20-47(60)55-49)15-16-43(46)50(62)57-30-39(31-57)54-48(61)33-66-40-14-8-13-38(26-40)52(64,37-11-6-3-7-12-37)51(63)67-32-35-21-23-56(24-22-35)29-34-9-4-2-5-10-34/h2-20,25-26,35,39,45,53,58-59,64H,21-24,27-33H2,1H3,(H,54,61)(H,55,60)/t45-,52?/m0/s1. The van der Waals surface area contributed by atoms with E-state index in [0.717, 1.165) is 38.0 Å². The van der Waals surface area contributed by atoms with Gasteiger partial charge in [0.1, 0.15) is 17.2 Å². The third-order valence-corrected chi connectivity index (χ3v) is 12.5. The Labute approximate surface area is 387 Å². The number of aliphatic hydroxyl groups is 2. The summed E-state index contributed by atoms with van der Waals surface area (Å²) < 4.78 is 17.3. The SMILES string of the molecule is COc1cc(CNC[C@H](O)c2ccc(O)c3[nH]c(=O)ccc23)ccc1C(=O)N1CC(NC(=O)COc2cccc(C(O)(C(=O)OCC3CCN(Cc4ccccc4)CC3)c3ccccc3)c2)C1. The van der Waals surface area contributed by atoms with Crippen molar-refractivity contribution < 1.29 is 43.9 Å². The number of methoxy groups -OCH3 is 1. The molecule has 6 aromatic rings. The minimum absolute atomic E-state index is 0.0878. The van der Waals surface area contributed by atoms with Gasteiger partial charge in [0, 0.05) is 49.7 Å². The number of aromatic amines is 1. The number of hydrogen-bond donors (Lipinski definition) is 6. The zero-order valence-electron chi connectivity index (χ0n) is 37.2. The van der Waals surface area contributed by atoms with Gasteiger partial charge in [-0.05, 0) is 90.5 Å². The number of aliphatic hydroxyl groups excluding tert-OH is 1. The van der Waals surface area contributed by atoms with Crippen LogP contribution in [0, 0.1) is 5.92 Å². The van der Waals surface area contributed by atoms with E-state index in [1.807, 2.05) is 18.2 Å². The van der Waals surface area contributed by atoms with Crippen LogP contribution in [0.1, 0.15) is 57.1 Å². The Bertz CT molecular complexity index is 2740. The topological polar surface area (TPSA) is 203 Å². The molecule has 348 valence electrons. The van der Waals surface area contributed by atoms with Gasteiger partial charge in [0.25, 0.3) is 11.8 Å². The lowest BCUT2D eigenvalue weighted by Gasteiger charge is -2.39. The third-order valence-electron chi connectivity index (χ3n) is 12.5. The first-order valence-corrected chi connectivity index (χ1v) is 22.4. The predicted molar refractivity (Wildman–Crippen MR) is 251 cm³/mol. The van der Waals surface area contributed by atoms with Gasteiger partial charge in [-0.2, -0.15) is 0 Å². The highest BCUT2D eigenvalue weighted by Gasteiger charge is 2.42. The number of H-pyrrole nitrogens is 1. The first kappa shape index (κ1) is 46.5. The van der Waals surface area contributed by atoms with Crippen LogP contribution < -0.4 is 25.7 Å². The van der Waals surface area contributed by atoms with Gasteiger partial charge >= 0.3 is 5.97 Å². The van der Waals surface area contributed by atoms with Crippen molar-refractivity contribution in [3.05, 3.63) is 171 Å². The molecule has 0 radical (unpaired) electrons. The van der Waals surface area contributed by atoms with Crippen LogP contribution in [0.3, 0.4) is 0 Å². The van der Waals surface area contributed by atoms with E-state index in [0.29, 0.717) is 34.4 Å². The van der Waals surface area contributed by atoms with Gasteiger partial charge in [-0.1, -0.05) is 84.9 Å². The summed E-state index contributed by atoms with van der Waals surface area (Å²) >= 11 is 0. The molecule has 8 rings (SSSR count). The number of piperidine rings is 1. The maximum Gasteiger partial charge on any atom is 0.347 e.